The summed E-state index contributed by atoms with van der Waals surface area (Å²) >= 11 is 9.53. The number of alkyl halides is 2. The third-order valence-electron chi connectivity index (χ3n) is 3.75. The third-order valence-corrected chi connectivity index (χ3v) is 3.75. The summed E-state index contributed by atoms with van der Waals surface area (Å²) in [4.78, 5) is 18.5. The van der Waals surface area contributed by atoms with Crippen molar-refractivity contribution in [3.63, 3.8) is 0 Å². The van der Waals surface area contributed by atoms with Gasteiger partial charge in [0, 0.05) is 50.2 Å². The normalized spacial score (nSPS) is 9.53. The molecule has 30 heavy (non-hydrogen) atoms. The van der Waals surface area contributed by atoms with Crippen molar-refractivity contribution in [3.05, 3.63) is 54.9 Å². The average Bonchev–Trinajstić information content (AvgIpc) is 3.23. The van der Waals surface area contributed by atoms with Crippen molar-refractivity contribution in [2.45, 2.75) is 13.8 Å². The summed E-state index contributed by atoms with van der Waals surface area (Å²) in [5, 5.41) is 7.61. The molecule has 1 heterocycles. The number of hydrogen-bond donors (Lipinski definition) is 2. The van der Waals surface area contributed by atoms with Crippen LogP contribution in [0, 0.1) is 0 Å². The smallest absolute Gasteiger partial charge is 0.300 e. The SMILES string of the molecule is CC(=O)O.CCOc1cc(-c2ncc[nH]2)ccc1-c1ccc(N(C)C)cc1.ClCCl. The van der Waals surface area contributed by atoms with Crippen LogP contribution in [0.2, 0.25) is 0 Å². The van der Waals surface area contributed by atoms with Gasteiger partial charge in [-0.3, -0.25) is 4.79 Å². The Morgan fingerprint density at radius 3 is 2.17 bits per heavy atom. The fraction of sp³-hybridized carbons (Fsp3) is 0.273. The van der Waals surface area contributed by atoms with Crippen molar-refractivity contribution in [1.82, 2.24) is 9.97 Å². The number of hydrogen-bond acceptors (Lipinski definition) is 4. The first kappa shape index (κ1) is 25.3. The first-order valence-electron chi connectivity index (χ1n) is 9.19. The van der Waals surface area contributed by atoms with E-state index in [4.69, 9.17) is 37.8 Å². The number of nitrogens with zero attached hydrogens (tertiary/aromatic N) is 2. The first-order valence-corrected chi connectivity index (χ1v) is 10.3. The molecule has 0 bridgehead atoms. The number of rotatable bonds is 5. The van der Waals surface area contributed by atoms with Crippen LogP contribution in [0.25, 0.3) is 22.5 Å². The summed E-state index contributed by atoms with van der Waals surface area (Å²) in [6.45, 7) is 3.71. The quantitative estimate of drug-likeness (QED) is 0.484. The largest absolute Gasteiger partial charge is 0.493 e. The lowest BCUT2D eigenvalue weighted by Crippen LogP contribution is -2.07. The number of H-pyrrole nitrogens is 1. The van der Waals surface area contributed by atoms with Gasteiger partial charge in [0.1, 0.15) is 11.6 Å². The summed E-state index contributed by atoms with van der Waals surface area (Å²) in [6.07, 6.45) is 3.58. The molecule has 0 saturated carbocycles. The molecular formula is C22H27Cl2N3O3. The van der Waals surface area contributed by atoms with Gasteiger partial charge in [0.15, 0.2) is 0 Å². The van der Waals surface area contributed by atoms with Crippen molar-refractivity contribution >= 4 is 34.9 Å². The van der Waals surface area contributed by atoms with Gasteiger partial charge in [-0.15, -0.1) is 23.2 Å². The Labute approximate surface area is 187 Å². The van der Waals surface area contributed by atoms with Crippen LogP contribution in [0.3, 0.4) is 0 Å². The summed E-state index contributed by atoms with van der Waals surface area (Å²) in [7, 11) is 4.08. The number of aromatic nitrogens is 2. The number of benzene rings is 2. The summed E-state index contributed by atoms with van der Waals surface area (Å²) in [5.74, 6) is 0.888. The molecule has 0 saturated heterocycles. The lowest BCUT2D eigenvalue weighted by atomic mass is 10.0. The van der Waals surface area contributed by atoms with E-state index in [1.165, 1.54) is 5.69 Å². The monoisotopic (exact) mass is 451 g/mol. The molecule has 0 fully saturated rings. The molecule has 0 aliphatic heterocycles. The van der Waals surface area contributed by atoms with Crippen LogP contribution in [0.5, 0.6) is 5.75 Å². The summed E-state index contributed by atoms with van der Waals surface area (Å²) in [5.41, 5.74) is 4.43. The maximum absolute atomic E-state index is 9.00. The molecule has 0 radical (unpaired) electrons. The molecule has 0 aliphatic rings. The number of ether oxygens (including phenoxy) is 1. The number of imidazole rings is 1. The lowest BCUT2D eigenvalue weighted by molar-refractivity contribution is -0.134. The highest BCUT2D eigenvalue weighted by Gasteiger charge is 2.10. The van der Waals surface area contributed by atoms with Gasteiger partial charge in [0.2, 0.25) is 0 Å². The fourth-order valence-corrected chi connectivity index (χ4v) is 2.55. The predicted octanol–water partition coefficient (Wildman–Crippen LogP) is 5.72. The van der Waals surface area contributed by atoms with E-state index in [1.54, 1.807) is 6.20 Å². The van der Waals surface area contributed by atoms with E-state index in [-0.39, 0.29) is 5.34 Å². The van der Waals surface area contributed by atoms with Gasteiger partial charge in [-0.2, -0.15) is 0 Å². The van der Waals surface area contributed by atoms with Gasteiger partial charge in [0.05, 0.1) is 11.9 Å². The Bertz CT molecular complexity index is 879. The van der Waals surface area contributed by atoms with Crippen LogP contribution < -0.4 is 9.64 Å². The highest BCUT2D eigenvalue weighted by Crippen LogP contribution is 2.34. The van der Waals surface area contributed by atoms with Gasteiger partial charge in [0.25, 0.3) is 5.97 Å². The van der Waals surface area contributed by atoms with Gasteiger partial charge in [-0.05, 0) is 36.8 Å². The molecule has 0 aliphatic carbocycles. The predicted molar refractivity (Wildman–Crippen MR) is 125 cm³/mol. The zero-order valence-electron chi connectivity index (χ0n) is 17.5. The second-order valence-electron chi connectivity index (χ2n) is 6.14. The minimum absolute atomic E-state index is 0.194. The molecule has 2 aromatic carbocycles. The molecule has 6 nitrogen and oxygen atoms in total. The second-order valence-corrected chi connectivity index (χ2v) is 6.95. The number of aliphatic carboxylic acids is 1. The second kappa shape index (κ2) is 13.5. The van der Waals surface area contributed by atoms with Crippen LogP contribution in [0.15, 0.2) is 54.9 Å². The zero-order valence-corrected chi connectivity index (χ0v) is 19.0. The lowest BCUT2D eigenvalue weighted by Gasteiger charge is -2.15. The van der Waals surface area contributed by atoms with E-state index in [9.17, 15) is 0 Å². The summed E-state index contributed by atoms with van der Waals surface area (Å²) in [6, 6.07) is 14.7. The average molecular weight is 452 g/mol. The van der Waals surface area contributed by atoms with Gasteiger partial charge < -0.3 is 19.7 Å². The van der Waals surface area contributed by atoms with Crippen LogP contribution in [-0.4, -0.2) is 47.1 Å². The maximum Gasteiger partial charge on any atom is 0.300 e. The molecule has 0 unspecified atom stereocenters. The molecule has 8 heteroatoms. The molecule has 0 atom stereocenters. The van der Waals surface area contributed by atoms with E-state index in [0.29, 0.717) is 6.61 Å². The highest BCUT2D eigenvalue weighted by atomic mass is 35.5. The van der Waals surface area contributed by atoms with E-state index in [2.05, 4.69) is 51.3 Å². The Morgan fingerprint density at radius 2 is 1.70 bits per heavy atom. The van der Waals surface area contributed by atoms with Crippen LogP contribution >= 0.6 is 23.2 Å². The summed E-state index contributed by atoms with van der Waals surface area (Å²) < 4.78 is 5.86. The van der Waals surface area contributed by atoms with Crippen molar-refractivity contribution in [2.24, 2.45) is 0 Å². The number of halogens is 2. The zero-order chi connectivity index (χ0) is 22.5. The number of carboxylic acid groups (broad SMARTS) is 1. The number of aromatic amines is 1. The minimum Gasteiger partial charge on any atom is -0.493 e. The topological polar surface area (TPSA) is 78.5 Å². The van der Waals surface area contributed by atoms with Gasteiger partial charge in [-0.1, -0.05) is 18.2 Å². The van der Waals surface area contributed by atoms with Gasteiger partial charge >= 0.3 is 0 Å². The number of carbonyl (C=O) groups is 1. The van der Waals surface area contributed by atoms with Crippen molar-refractivity contribution in [2.75, 3.05) is 30.9 Å². The Morgan fingerprint density at radius 1 is 1.13 bits per heavy atom. The van der Waals surface area contributed by atoms with E-state index < -0.39 is 5.97 Å². The van der Waals surface area contributed by atoms with Crippen LogP contribution in [0.4, 0.5) is 5.69 Å². The van der Waals surface area contributed by atoms with E-state index in [0.717, 1.165) is 35.2 Å². The van der Waals surface area contributed by atoms with Crippen molar-refractivity contribution < 1.29 is 14.6 Å². The van der Waals surface area contributed by atoms with Crippen molar-refractivity contribution in [1.29, 1.82) is 0 Å². The molecule has 162 valence electrons. The molecule has 3 aromatic rings. The van der Waals surface area contributed by atoms with E-state index in [1.807, 2.05) is 33.3 Å². The maximum atomic E-state index is 9.00. The molecule has 0 amide bonds. The number of anilines is 1. The molecular weight excluding hydrogens is 425 g/mol. The molecule has 3 rings (SSSR count). The van der Waals surface area contributed by atoms with Crippen LogP contribution in [0.1, 0.15) is 13.8 Å². The third kappa shape index (κ3) is 8.35. The highest BCUT2D eigenvalue weighted by molar-refractivity contribution is 6.40. The first-order chi connectivity index (χ1) is 14.3. The number of carboxylic acids is 1. The fourth-order valence-electron chi connectivity index (χ4n) is 2.55. The standard InChI is InChI=1S/C19H21N3O.C2H4O2.CH2Cl2/c1-4-23-18-13-15(19-20-11-12-21-19)7-10-17(18)14-5-8-16(9-6-14)22(2)3;1-2(3)4;2-1-3/h5-13H,4H2,1-3H3,(H,20,21);1H3,(H,3,4);1H2. The Kier molecular flexibility index (Phi) is 11.4. The van der Waals surface area contributed by atoms with Gasteiger partial charge in [-0.25, -0.2) is 4.98 Å². The molecule has 1 aromatic heterocycles. The Balaban J connectivity index is 0.000000564. The van der Waals surface area contributed by atoms with Crippen molar-refractivity contribution in [3.8, 4) is 28.3 Å². The number of nitrogens with one attached hydrogen (secondary N) is 1. The molecule has 0 spiro atoms. The minimum atomic E-state index is -0.833. The van der Waals surface area contributed by atoms with Crippen LogP contribution in [-0.2, 0) is 4.79 Å². The molecule has 2 N–H and O–H groups in total. The van der Waals surface area contributed by atoms with E-state index >= 15 is 0 Å². The Hall–Kier alpha value is -2.70.